The number of carbonyl (C=O) groups excluding carboxylic acids is 1. The van der Waals surface area contributed by atoms with E-state index in [1.165, 1.54) is 24.3 Å². The summed E-state index contributed by atoms with van der Waals surface area (Å²) >= 11 is 0. The quantitative estimate of drug-likeness (QED) is 0.511. The highest BCUT2D eigenvalue weighted by atomic mass is 32.2. The molecular formula is C25H30N4O4S. The van der Waals surface area contributed by atoms with Gasteiger partial charge in [-0.15, -0.1) is 5.10 Å². The molecule has 0 saturated heterocycles. The van der Waals surface area contributed by atoms with Crippen LogP contribution >= 0.6 is 0 Å². The molecule has 1 N–H and O–H groups in total. The molecule has 1 saturated carbocycles. The molecule has 1 amide bonds. The van der Waals surface area contributed by atoms with E-state index in [2.05, 4.69) is 15.5 Å². The first-order valence-electron chi connectivity index (χ1n) is 11.6. The van der Waals surface area contributed by atoms with E-state index >= 15 is 0 Å². The van der Waals surface area contributed by atoms with Gasteiger partial charge in [-0.2, -0.15) is 4.31 Å². The minimum absolute atomic E-state index is 0.0221. The van der Waals surface area contributed by atoms with Gasteiger partial charge in [0.2, 0.25) is 15.9 Å². The van der Waals surface area contributed by atoms with Crippen molar-refractivity contribution >= 4 is 21.9 Å². The number of nitrogens with one attached hydrogen (secondary N) is 1. The lowest BCUT2D eigenvalue weighted by Gasteiger charge is -2.32. The molecule has 2 aromatic carbocycles. The van der Waals surface area contributed by atoms with Gasteiger partial charge in [0.15, 0.2) is 0 Å². The van der Waals surface area contributed by atoms with Crippen LogP contribution in [0.2, 0.25) is 0 Å². The first kappa shape index (κ1) is 24.1. The van der Waals surface area contributed by atoms with Crippen molar-refractivity contribution in [1.29, 1.82) is 0 Å². The van der Waals surface area contributed by atoms with E-state index in [0.717, 1.165) is 48.8 Å². The highest BCUT2D eigenvalue weighted by molar-refractivity contribution is 7.89. The maximum Gasteiger partial charge on any atom is 0.322 e. The second kappa shape index (κ2) is 10.1. The number of sulfonamides is 1. The van der Waals surface area contributed by atoms with Crippen LogP contribution in [0.15, 0.2) is 51.8 Å². The molecule has 0 unspecified atom stereocenters. The van der Waals surface area contributed by atoms with Crippen LogP contribution in [0.4, 0.5) is 6.01 Å². The van der Waals surface area contributed by atoms with Gasteiger partial charge >= 0.3 is 6.01 Å². The fourth-order valence-corrected chi connectivity index (χ4v) is 6.21. The molecule has 34 heavy (non-hydrogen) atoms. The van der Waals surface area contributed by atoms with Crippen LogP contribution in [0, 0.1) is 13.8 Å². The van der Waals surface area contributed by atoms with Crippen molar-refractivity contribution in [3.05, 3.63) is 59.2 Å². The molecule has 9 heteroatoms. The van der Waals surface area contributed by atoms with Gasteiger partial charge in [-0.1, -0.05) is 49.0 Å². The van der Waals surface area contributed by atoms with Gasteiger partial charge < -0.3 is 4.42 Å². The van der Waals surface area contributed by atoms with Crippen LogP contribution in [0.5, 0.6) is 0 Å². The van der Waals surface area contributed by atoms with Crippen molar-refractivity contribution in [1.82, 2.24) is 14.5 Å². The summed E-state index contributed by atoms with van der Waals surface area (Å²) in [4.78, 5) is 12.9. The summed E-state index contributed by atoms with van der Waals surface area (Å²) in [7, 11) is -3.63. The topological polar surface area (TPSA) is 105 Å². The Labute approximate surface area is 200 Å². The molecule has 0 aliphatic heterocycles. The number of carbonyl (C=O) groups is 1. The van der Waals surface area contributed by atoms with Crippen molar-refractivity contribution in [2.24, 2.45) is 0 Å². The van der Waals surface area contributed by atoms with Crippen molar-refractivity contribution in [3.8, 4) is 11.5 Å². The molecule has 8 nitrogen and oxygen atoms in total. The Balaban J connectivity index is 1.46. The zero-order valence-electron chi connectivity index (χ0n) is 19.7. The smallest absolute Gasteiger partial charge is 0.322 e. The Bertz CT molecular complexity index is 1260. The summed E-state index contributed by atoms with van der Waals surface area (Å²) in [6.45, 7) is 6.25. The molecule has 180 valence electrons. The predicted octanol–water partition coefficient (Wildman–Crippen LogP) is 4.95. The monoisotopic (exact) mass is 482 g/mol. The predicted molar refractivity (Wildman–Crippen MR) is 130 cm³/mol. The fraction of sp³-hybridized carbons (Fsp3) is 0.400. The maximum absolute atomic E-state index is 13.2. The summed E-state index contributed by atoms with van der Waals surface area (Å²) in [6.07, 6.45) is 5.04. The number of hydrogen-bond acceptors (Lipinski definition) is 6. The van der Waals surface area contributed by atoms with E-state index in [-0.39, 0.29) is 17.0 Å². The third-order valence-electron chi connectivity index (χ3n) is 6.27. The zero-order chi connectivity index (χ0) is 24.3. The third kappa shape index (κ3) is 5.05. The third-order valence-corrected chi connectivity index (χ3v) is 8.32. The van der Waals surface area contributed by atoms with Crippen LogP contribution in [-0.4, -0.2) is 41.4 Å². The number of benzene rings is 2. The van der Waals surface area contributed by atoms with Crippen molar-refractivity contribution < 1.29 is 17.6 Å². The lowest BCUT2D eigenvalue weighted by atomic mass is 9.95. The molecule has 3 aromatic rings. The largest absolute Gasteiger partial charge is 0.403 e. The molecule has 0 atom stereocenters. The number of aryl methyl sites for hydroxylation is 2. The molecule has 1 aliphatic carbocycles. The van der Waals surface area contributed by atoms with Crippen molar-refractivity contribution in [3.63, 3.8) is 0 Å². The van der Waals surface area contributed by atoms with Crippen LogP contribution in [0.1, 0.15) is 60.5 Å². The second-order valence-electron chi connectivity index (χ2n) is 8.71. The number of anilines is 1. The zero-order valence-corrected chi connectivity index (χ0v) is 20.6. The van der Waals surface area contributed by atoms with E-state index in [4.69, 9.17) is 4.42 Å². The molecule has 4 rings (SSSR count). The first-order chi connectivity index (χ1) is 16.3. The van der Waals surface area contributed by atoms with Gasteiger partial charge in [-0.05, 0) is 62.6 Å². The lowest BCUT2D eigenvalue weighted by molar-refractivity contribution is 0.102. The van der Waals surface area contributed by atoms with Gasteiger partial charge in [-0.25, -0.2) is 8.42 Å². The number of hydrogen-bond donors (Lipinski definition) is 1. The van der Waals surface area contributed by atoms with Crippen LogP contribution in [0.3, 0.4) is 0 Å². The van der Waals surface area contributed by atoms with Gasteiger partial charge in [-0.3, -0.25) is 10.1 Å². The summed E-state index contributed by atoms with van der Waals surface area (Å²) in [5.41, 5.74) is 3.21. The molecular weight excluding hydrogens is 452 g/mol. The summed E-state index contributed by atoms with van der Waals surface area (Å²) in [5.74, 6) is -0.143. The summed E-state index contributed by atoms with van der Waals surface area (Å²) in [5, 5.41) is 10.5. The second-order valence-corrected chi connectivity index (χ2v) is 10.6. The van der Waals surface area contributed by atoms with Gasteiger partial charge in [0.1, 0.15) is 0 Å². The van der Waals surface area contributed by atoms with Crippen molar-refractivity contribution in [2.75, 3.05) is 11.9 Å². The Hall–Kier alpha value is -3.04. The maximum atomic E-state index is 13.2. The summed E-state index contributed by atoms with van der Waals surface area (Å²) < 4.78 is 33.6. The number of nitrogens with zero attached hydrogens (tertiary/aromatic N) is 3. The standard InChI is InChI=1S/C25H30N4O4S/c1-4-29(20-8-6-5-7-9-20)34(31,32)21-13-11-19(12-14-21)23(30)26-25-28-27-24(33-25)22-15-10-17(2)16-18(22)3/h10-16,20H,4-9H2,1-3H3,(H,26,28,30). The molecule has 0 spiro atoms. The lowest BCUT2D eigenvalue weighted by Crippen LogP contribution is -2.41. The van der Waals surface area contributed by atoms with Crippen LogP contribution in [-0.2, 0) is 10.0 Å². The summed E-state index contributed by atoms with van der Waals surface area (Å²) in [6, 6.07) is 11.8. The minimum atomic E-state index is -3.63. The highest BCUT2D eigenvalue weighted by Gasteiger charge is 2.31. The Morgan fingerprint density at radius 2 is 1.76 bits per heavy atom. The molecule has 0 radical (unpaired) electrons. The average Bonchev–Trinajstić information content (AvgIpc) is 3.28. The van der Waals surface area contributed by atoms with E-state index < -0.39 is 15.9 Å². The number of rotatable bonds is 7. The highest BCUT2D eigenvalue weighted by Crippen LogP contribution is 2.28. The molecule has 1 fully saturated rings. The Kier molecular flexibility index (Phi) is 7.13. The fourth-order valence-electron chi connectivity index (χ4n) is 4.51. The van der Waals surface area contributed by atoms with Crippen molar-refractivity contribution in [2.45, 2.75) is 63.8 Å². The minimum Gasteiger partial charge on any atom is -0.403 e. The van der Waals surface area contributed by atoms with E-state index in [1.54, 1.807) is 4.31 Å². The number of aromatic nitrogens is 2. The first-order valence-corrected chi connectivity index (χ1v) is 13.1. The van der Waals surface area contributed by atoms with E-state index in [0.29, 0.717) is 18.0 Å². The van der Waals surface area contributed by atoms with E-state index in [1.807, 2.05) is 39.0 Å². The molecule has 1 aliphatic rings. The average molecular weight is 483 g/mol. The SMILES string of the molecule is CCN(C1CCCCC1)S(=O)(=O)c1ccc(C(=O)Nc2nnc(-c3ccc(C)cc3C)o2)cc1. The van der Waals surface area contributed by atoms with E-state index in [9.17, 15) is 13.2 Å². The van der Waals surface area contributed by atoms with Crippen LogP contribution < -0.4 is 5.32 Å². The molecule has 1 heterocycles. The number of amides is 1. The van der Waals surface area contributed by atoms with Gasteiger partial charge in [0.25, 0.3) is 5.91 Å². The Morgan fingerprint density at radius 3 is 2.41 bits per heavy atom. The van der Waals surface area contributed by atoms with Gasteiger partial charge in [0.05, 0.1) is 4.90 Å². The van der Waals surface area contributed by atoms with Gasteiger partial charge in [0, 0.05) is 23.7 Å². The molecule has 1 aromatic heterocycles. The Morgan fingerprint density at radius 1 is 1.06 bits per heavy atom. The normalized spacial score (nSPS) is 14.9. The molecule has 0 bridgehead atoms. The van der Waals surface area contributed by atoms with Crippen LogP contribution in [0.25, 0.3) is 11.5 Å².